The average Bonchev–Trinajstić information content (AvgIpc) is 2.33. The third kappa shape index (κ3) is 3.24. The van der Waals surface area contributed by atoms with Crippen LogP contribution in [0.3, 0.4) is 0 Å². The summed E-state index contributed by atoms with van der Waals surface area (Å²) in [7, 11) is 1.39. The Hall–Kier alpha value is -1.53. The fourth-order valence-corrected chi connectivity index (χ4v) is 1.47. The van der Waals surface area contributed by atoms with Crippen LogP contribution in [0.4, 0.5) is 8.78 Å². The fraction of sp³-hybridized carbons (Fsp3) is 0.417. The van der Waals surface area contributed by atoms with Crippen LogP contribution in [0.1, 0.15) is 24.2 Å². The summed E-state index contributed by atoms with van der Waals surface area (Å²) in [6.45, 7) is 1.63. The number of halogens is 2. The largest absolute Gasteiger partial charge is 0.464 e. The fourth-order valence-electron chi connectivity index (χ4n) is 1.47. The predicted octanol–water partition coefficient (Wildman–Crippen LogP) is 1.71. The number of aliphatic hydroxyl groups is 1. The summed E-state index contributed by atoms with van der Waals surface area (Å²) >= 11 is 0. The van der Waals surface area contributed by atoms with Crippen LogP contribution in [0.15, 0.2) is 12.1 Å². The summed E-state index contributed by atoms with van der Waals surface area (Å²) in [5.74, 6) is -3.44. The van der Waals surface area contributed by atoms with Crippen molar-refractivity contribution >= 4 is 5.97 Å². The second kappa shape index (κ2) is 6.42. The number of carbonyl (C=O) groups is 1. The van der Waals surface area contributed by atoms with Crippen LogP contribution >= 0.6 is 0 Å². The average molecular weight is 260 g/mol. The molecule has 0 heterocycles. The first-order valence-electron chi connectivity index (χ1n) is 5.32. The molecule has 1 aromatic rings. The molecule has 100 valence electrons. The number of aliphatic hydroxyl groups excluding tert-OH is 1. The first-order valence-corrected chi connectivity index (χ1v) is 5.32. The molecule has 1 N–H and O–H groups in total. The quantitative estimate of drug-likeness (QED) is 0.819. The molecule has 0 aliphatic rings. The van der Waals surface area contributed by atoms with Crippen molar-refractivity contribution in [1.82, 2.24) is 0 Å². The highest BCUT2D eigenvalue weighted by molar-refractivity contribution is 5.76. The van der Waals surface area contributed by atoms with E-state index in [0.717, 1.165) is 6.07 Å². The molecule has 0 radical (unpaired) electrons. The molecule has 0 fully saturated rings. The van der Waals surface area contributed by atoms with Gasteiger partial charge in [0.1, 0.15) is 0 Å². The van der Waals surface area contributed by atoms with Gasteiger partial charge in [-0.25, -0.2) is 13.6 Å². The van der Waals surface area contributed by atoms with Gasteiger partial charge in [0.2, 0.25) is 0 Å². The lowest BCUT2D eigenvalue weighted by molar-refractivity contribution is -0.153. The van der Waals surface area contributed by atoms with Gasteiger partial charge >= 0.3 is 5.97 Å². The molecule has 18 heavy (non-hydrogen) atoms. The van der Waals surface area contributed by atoms with Crippen molar-refractivity contribution in [3.8, 4) is 0 Å². The van der Waals surface area contributed by atoms with E-state index in [1.807, 2.05) is 0 Å². The number of esters is 1. The van der Waals surface area contributed by atoms with Gasteiger partial charge in [-0.2, -0.15) is 0 Å². The Kier molecular flexibility index (Phi) is 5.18. The molecular weight excluding hydrogens is 246 g/mol. The minimum absolute atomic E-state index is 0.0394. The molecule has 0 saturated heterocycles. The van der Waals surface area contributed by atoms with Crippen LogP contribution in [-0.4, -0.2) is 24.8 Å². The van der Waals surface area contributed by atoms with Crippen LogP contribution in [-0.2, 0) is 20.9 Å². The number of ether oxygens (including phenoxy) is 2. The van der Waals surface area contributed by atoms with E-state index >= 15 is 0 Å². The molecule has 1 atom stereocenters. The Morgan fingerprint density at radius 2 is 2.11 bits per heavy atom. The van der Waals surface area contributed by atoms with Gasteiger partial charge in [-0.3, -0.25) is 0 Å². The number of hydrogen-bond donors (Lipinski definition) is 1. The number of carbonyl (C=O) groups excluding carboxylic acids is 1. The maximum absolute atomic E-state index is 13.5. The molecule has 1 unspecified atom stereocenters. The smallest absolute Gasteiger partial charge is 0.339 e. The molecule has 0 spiro atoms. The first-order chi connectivity index (χ1) is 8.51. The minimum Gasteiger partial charge on any atom is -0.464 e. The molecule has 0 aliphatic carbocycles. The van der Waals surface area contributed by atoms with E-state index in [2.05, 4.69) is 4.74 Å². The monoisotopic (exact) mass is 260 g/mol. The van der Waals surface area contributed by atoms with Gasteiger partial charge < -0.3 is 14.6 Å². The summed E-state index contributed by atoms with van der Waals surface area (Å²) < 4.78 is 36.1. The van der Waals surface area contributed by atoms with E-state index < -0.39 is 29.3 Å². The molecule has 1 rings (SSSR count). The van der Waals surface area contributed by atoms with E-state index in [4.69, 9.17) is 4.74 Å². The van der Waals surface area contributed by atoms with E-state index in [1.54, 1.807) is 6.92 Å². The molecule has 6 heteroatoms. The van der Waals surface area contributed by atoms with Crippen LogP contribution in [0.2, 0.25) is 0 Å². The van der Waals surface area contributed by atoms with Gasteiger partial charge in [-0.1, -0.05) is 0 Å². The number of rotatable bonds is 5. The van der Waals surface area contributed by atoms with Crippen molar-refractivity contribution in [2.24, 2.45) is 0 Å². The Morgan fingerprint density at radius 3 is 2.67 bits per heavy atom. The topological polar surface area (TPSA) is 55.8 Å². The highest BCUT2D eigenvalue weighted by Crippen LogP contribution is 2.23. The molecule has 1 aromatic carbocycles. The maximum atomic E-state index is 13.5. The molecular formula is C12H14F2O4. The van der Waals surface area contributed by atoms with Gasteiger partial charge in [0.25, 0.3) is 0 Å². The van der Waals surface area contributed by atoms with E-state index in [1.165, 1.54) is 13.2 Å². The van der Waals surface area contributed by atoms with Gasteiger partial charge in [-0.05, 0) is 24.6 Å². The second-order valence-electron chi connectivity index (χ2n) is 3.57. The van der Waals surface area contributed by atoms with E-state index in [9.17, 15) is 18.7 Å². The van der Waals surface area contributed by atoms with Crippen molar-refractivity contribution in [3.05, 3.63) is 34.9 Å². The molecule has 0 aliphatic heterocycles. The van der Waals surface area contributed by atoms with Crippen LogP contribution < -0.4 is 0 Å². The Balaban J connectivity index is 3.09. The summed E-state index contributed by atoms with van der Waals surface area (Å²) in [5.41, 5.74) is -0.143. The van der Waals surface area contributed by atoms with Crippen LogP contribution in [0, 0.1) is 11.6 Å². The van der Waals surface area contributed by atoms with Crippen molar-refractivity contribution in [1.29, 1.82) is 0 Å². The zero-order chi connectivity index (χ0) is 13.7. The standard InChI is InChI=1S/C12H14F2O4/c1-3-18-12(16)11(15)8-4-7(6-17-2)5-9(13)10(8)14/h4-5,11,15H,3,6H2,1-2H3. The Labute approximate surface area is 103 Å². The van der Waals surface area contributed by atoms with Crippen molar-refractivity contribution in [3.63, 3.8) is 0 Å². The zero-order valence-corrected chi connectivity index (χ0v) is 10.1. The molecule has 0 aromatic heterocycles. The van der Waals surface area contributed by atoms with Crippen LogP contribution in [0.25, 0.3) is 0 Å². The lowest BCUT2D eigenvalue weighted by Gasteiger charge is -2.12. The van der Waals surface area contributed by atoms with Gasteiger partial charge in [0.15, 0.2) is 17.7 Å². The van der Waals surface area contributed by atoms with E-state index in [0.29, 0.717) is 5.56 Å². The van der Waals surface area contributed by atoms with Gasteiger partial charge in [0.05, 0.1) is 13.2 Å². The molecule has 0 amide bonds. The Bertz CT molecular complexity index is 434. The summed E-state index contributed by atoms with van der Waals surface area (Å²) in [6.07, 6.45) is -1.85. The van der Waals surface area contributed by atoms with Crippen molar-refractivity contribution < 1.29 is 28.2 Å². The number of hydrogen-bond acceptors (Lipinski definition) is 4. The third-order valence-corrected chi connectivity index (χ3v) is 2.23. The zero-order valence-electron chi connectivity index (χ0n) is 10.1. The summed E-state index contributed by atoms with van der Waals surface area (Å²) in [4.78, 5) is 11.3. The first kappa shape index (κ1) is 14.5. The maximum Gasteiger partial charge on any atom is 0.339 e. The molecule has 4 nitrogen and oxygen atoms in total. The lowest BCUT2D eigenvalue weighted by atomic mass is 10.0. The normalized spacial score (nSPS) is 12.3. The highest BCUT2D eigenvalue weighted by atomic mass is 19.2. The highest BCUT2D eigenvalue weighted by Gasteiger charge is 2.24. The summed E-state index contributed by atoms with van der Waals surface area (Å²) in [5, 5.41) is 9.60. The SMILES string of the molecule is CCOC(=O)C(O)c1cc(COC)cc(F)c1F. The van der Waals surface area contributed by atoms with E-state index in [-0.39, 0.29) is 13.2 Å². The molecule has 0 bridgehead atoms. The molecule has 0 saturated carbocycles. The Morgan fingerprint density at radius 1 is 1.44 bits per heavy atom. The van der Waals surface area contributed by atoms with Crippen molar-refractivity contribution in [2.45, 2.75) is 19.6 Å². The van der Waals surface area contributed by atoms with Gasteiger partial charge in [0, 0.05) is 12.7 Å². The van der Waals surface area contributed by atoms with Crippen LogP contribution in [0.5, 0.6) is 0 Å². The predicted molar refractivity (Wildman–Crippen MR) is 58.7 cm³/mol. The number of methoxy groups -OCH3 is 1. The summed E-state index contributed by atoms with van der Waals surface area (Å²) in [6, 6.07) is 2.11. The third-order valence-electron chi connectivity index (χ3n) is 2.23. The second-order valence-corrected chi connectivity index (χ2v) is 3.57. The van der Waals surface area contributed by atoms with Gasteiger partial charge in [-0.15, -0.1) is 0 Å². The minimum atomic E-state index is -1.85. The lowest BCUT2D eigenvalue weighted by Crippen LogP contribution is -2.17. The number of benzene rings is 1. The van der Waals surface area contributed by atoms with Crippen molar-refractivity contribution in [2.75, 3.05) is 13.7 Å².